The third kappa shape index (κ3) is 2.72. The highest BCUT2D eigenvalue weighted by atomic mass is 33.1. The lowest BCUT2D eigenvalue weighted by atomic mass is 9.92. The Hall–Kier alpha value is -2.16. The first-order valence-corrected chi connectivity index (χ1v) is 9.73. The average Bonchev–Trinajstić information content (AvgIpc) is 2.68. The van der Waals surface area contributed by atoms with Crippen LogP contribution in [0, 0.1) is 0 Å². The summed E-state index contributed by atoms with van der Waals surface area (Å²) in [5.41, 5.74) is 5.00. The molecule has 0 fully saturated rings. The molecule has 2 heteroatoms. The summed E-state index contributed by atoms with van der Waals surface area (Å²) in [5.74, 6) is 0. The fourth-order valence-corrected chi connectivity index (χ4v) is 4.07. The molecule has 4 aromatic carbocycles. The molecule has 4 rings (SSSR count). The Labute approximate surface area is 151 Å². The van der Waals surface area contributed by atoms with Crippen molar-refractivity contribution in [3.8, 4) is 22.3 Å². The maximum Gasteiger partial charge on any atom is 0.0259 e. The van der Waals surface area contributed by atoms with E-state index in [1.165, 1.54) is 48.7 Å². The fraction of sp³-hybridized carbons (Fsp3) is 0. The number of thiol groups is 1. The minimum Gasteiger partial charge on any atom is -0.106 e. The van der Waals surface area contributed by atoms with Crippen LogP contribution >= 0.6 is 22.5 Å². The van der Waals surface area contributed by atoms with Crippen LogP contribution in [-0.4, -0.2) is 0 Å². The van der Waals surface area contributed by atoms with Crippen molar-refractivity contribution in [2.24, 2.45) is 0 Å². The Bertz CT molecular complexity index is 991. The minimum atomic E-state index is 1.18. The second-order valence-electron chi connectivity index (χ2n) is 5.66. The maximum atomic E-state index is 4.42. The standard InChI is InChI=1S/C22H16S2/c23-24-22-13-7-6-12-21(22)20-15-14-17(16-8-2-1-3-9-16)18-10-4-5-11-19(18)20/h1-15,23H. The number of hydrogen-bond donors (Lipinski definition) is 1. The Morgan fingerprint density at radius 1 is 0.500 bits per heavy atom. The van der Waals surface area contributed by atoms with E-state index in [9.17, 15) is 0 Å². The molecule has 24 heavy (non-hydrogen) atoms. The smallest absolute Gasteiger partial charge is 0.0259 e. The van der Waals surface area contributed by atoms with Gasteiger partial charge in [0.1, 0.15) is 0 Å². The summed E-state index contributed by atoms with van der Waals surface area (Å²) in [6, 6.07) is 32.1. The van der Waals surface area contributed by atoms with Crippen LogP contribution in [0.3, 0.4) is 0 Å². The summed E-state index contributed by atoms with van der Waals surface area (Å²) in [5, 5.41) is 2.55. The van der Waals surface area contributed by atoms with Gasteiger partial charge in [-0.05, 0) is 39.1 Å². The summed E-state index contributed by atoms with van der Waals surface area (Å²) in [7, 11) is 1.49. The van der Waals surface area contributed by atoms with Gasteiger partial charge in [0.15, 0.2) is 0 Å². The van der Waals surface area contributed by atoms with E-state index in [1.807, 2.05) is 0 Å². The zero-order valence-electron chi connectivity index (χ0n) is 13.0. The van der Waals surface area contributed by atoms with E-state index in [2.05, 4.69) is 103 Å². The molecule has 0 heterocycles. The van der Waals surface area contributed by atoms with Gasteiger partial charge in [0.05, 0.1) is 0 Å². The first-order chi connectivity index (χ1) is 11.9. The van der Waals surface area contributed by atoms with Gasteiger partial charge in [0.25, 0.3) is 0 Å². The van der Waals surface area contributed by atoms with Gasteiger partial charge in [-0.15, -0.1) is 11.7 Å². The monoisotopic (exact) mass is 344 g/mol. The number of hydrogen-bond acceptors (Lipinski definition) is 2. The van der Waals surface area contributed by atoms with Crippen molar-refractivity contribution in [2.75, 3.05) is 0 Å². The van der Waals surface area contributed by atoms with Crippen LogP contribution in [-0.2, 0) is 0 Å². The normalized spacial score (nSPS) is 10.9. The molecule has 0 amide bonds. The summed E-state index contributed by atoms with van der Waals surface area (Å²) in [6.45, 7) is 0. The lowest BCUT2D eigenvalue weighted by Crippen LogP contribution is -1.87. The van der Waals surface area contributed by atoms with Gasteiger partial charge < -0.3 is 0 Å². The molecule has 0 nitrogen and oxygen atoms in total. The van der Waals surface area contributed by atoms with Crippen molar-refractivity contribution in [3.05, 3.63) is 91.0 Å². The van der Waals surface area contributed by atoms with Crippen LogP contribution in [0.25, 0.3) is 33.0 Å². The molecule has 0 unspecified atom stereocenters. The molecule has 0 saturated carbocycles. The molecule has 0 N–H and O–H groups in total. The van der Waals surface area contributed by atoms with E-state index < -0.39 is 0 Å². The molecule has 0 aliphatic rings. The van der Waals surface area contributed by atoms with Gasteiger partial charge in [-0.3, -0.25) is 0 Å². The van der Waals surface area contributed by atoms with Crippen LogP contribution in [0.4, 0.5) is 0 Å². The maximum absolute atomic E-state index is 4.42. The predicted molar refractivity (Wildman–Crippen MR) is 110 cm³/mol. The van der Waals surface area contributed by atoms with Crippen LogP contribution in [0.1, 0.15) is 0 Å². The topological polar surface area (TPSA) is 0 Å². The zero-order valence-corrected chi connectivity index (χ0v) is 14.7. The van der Waals surface area contributed by atoms with Crippen molar-refractivity contribution in [1.82, 2.24) is 0 Å². The summed E-state index contributed by atoms with van der Waals surface area (Å²) in [4.78, 5) is 1.18. The summed E-state index contributed by atoms with van der Waals surface area (Å²) in [6.07, 6.45) is 0. The molecule has 0 aliphatic carbocycles. The van der Waals surface area contributed by atoms with Crippen molar-refractivity contribution in [2.45, 2.75) is 4.90 Å². The highest BCUT2D eigenvalue weighted by Crippen LogP contribution is 2.39. The Morgan fingerprint density at radius 2 is 1.08 bits per heavy atom. The Balaban J connectivity index is 2.01. The van der Waals surface area contributed by atoms with Gasteiger partial charge in [-0.1, -0.05) is 95.7 Å². The molecule has 0 spiro atoms. The van der Waals surface area contributed by atoms with E-state index in [4.69, 9.17) is 0 Å². The number of benzene rings is 4. The lowest BCUT2D eigenvalue weighted by Gasteiger charge is -2.14. The molecule has 0 aliphatic heterocycles. The summed E-state index contributed by atoms with van der Waals surface area (Å²) >= 11 is 4.42. The van der Waals surface area contributed by atoms with Gasteiger partial charge in [-0.2, -0.15) is 0 Å². The van der Waals surface area contributed by atoms with E-state index in [0.717, 1.165) is 0 Å². The van der Waals surface area contributed by atoms with Gasteiger partial charge in [0.2, 0.25) is 0 Å². The number of fused-ring (bicyclic) bond motifs is 1. The minimum absolute atomic E-state index is 1.18. The van der Waals surface area contributed by atoms with Gasteiger partial charge in [0, 0.05) is 4.90 Å². The van der Waals surface area contributed by atoms with Gasteiger partial charge in [-0.25, -0.2) is 0 Å². The van der Waals surface area contributed by atoms with E-state index in [-0.39, 0.29) is 0 Å². The summed E-state index contributed by atoms with van der Waals surface area (Å²) < 4.78 is 0. The van der Waals surface area contributed by atoms with Crippen molar-refractivity contribution >= 4 is 33.2 Å². The van der Waals surface area contributed by atoms with E-state index >= 15 is 0 Å². The first kappa shape index (κ1) is 15.4. The highest BCUT2D eigenvalue weighted by Gasteiger charge is 2.11. The van der Waals surface area contributed by atoms with Crippen LogP contribution in [0.15, 0.2) is 95.9 Å². The fourth-order valence-electron chi connectivity index (χ4n) is 3.17. The SMILES string of the molecule is SSc1ccccc1-c1ccc(-c2ccccc2)c2ccccc12. The molecule has 0 atom stereocenters. The third-order valence-corrected chi connectivity index (χ3v) is 5.43. The van der Waals surface area contributed by atoms with E-state index in [1.54, 1.807) is 0 Å². The predicted octanol–water partition coefficient (Wildman–Crippen LogP) is 7.11. The molecule has 0 aromatic heterocycles. The first-order valence-electron chi connectivity index (χ1n) is 7.86. The van der Waals surface area contributed by atoms with E-state index in [0.29, 0.717) is 0 Å². The number of rotatable bonds is 3. The van der Waals surface area contributed by atoms with Crippen LogP contribution in [0.5, 0.6) is 0 Å². The second-order valence-corrected chi connectivity index (χ2v) is 6.83. The molecule has 116 valence electrons. The Morgan fingerprint density at radius 3 is 1.83 bits per heavy atom. The lowest BCUT2D eigenvalue weighted by molar-refractivity contribution is 1.47. The Kier molecular flexibility index (Phi) is 4.33. The molecular formula is C22H16S2. The largest absolute Gasteiger partial charge is 0.106 e. The average molecular weight is 345 g/mol. The van der Waals surface area contributed by atoms with Crippen LogP contribution in [0.2, 0.25) is 0 Å². The third-order valence-electron chi connectivity index (χ3n) is 4.28. The molecule has 0 saturated heterocycles. The molecule has 4 aromatic rings. The quantitative estimate of drug-likeness (QED) is 0.305. The molecule has 0 bridgehead atoms. The molecule has 0 radical (unpaired) electrons. The van der Waals surface area contributed by atoms with Gasteiger partial charge >= 0.3 is 0 Å². The zero-order chi connectivity index (χ0) is 16.4. The highest BCUT2D eigenvalue weighted by molar-refractivity contribution is 8.68. The van der Waals surface area contributed by atoms with Crippen molar-refractivity contribution in [1.29, 1.82) is 0 Å². The van der Waals surface area contributed by atoms with Crippen molar-refractivity contribution in [3.63, 3.8) is 0 Å². The second kappa shape index (κ2) is 6.76. The van der Waals surface area contributed by atoms with Crippen molar-refractivity contribution < 1.29 is 0 Å². The molecular weight excluding hydrogens is 328 g/mol. The van der Waals surface area contributed by atoms with Crippen LogP contribution < -0.4 is 0 Å².